The maximum Gasteiger partial charge on any atom is 0.316 e. The van der Waals surface area contributed by atoms with Crippen LogP contribution >= 0.6 is 11.8 Å². The van der Waals surface area contributed by atoms with Crippen molar-refractivity contribution < 1.29 is 23.5 Å². The first-order chi connectivity index (χ1) is 12.5. The smallest absolute Gasteiger partial charge is 0.316 e. The van der Waals surface area contributed by atoms with Gasteiger partial charge >= 0.3 is 5.97 Å². The lowest BCUT2D eigenvalue weighted by atomic mass is 10.2. The van der Waals surface area contributed by atoms with E-state index >= 15 is 0 Å². The van der Waals surface area contributed by atoms with Gasteiger partial charge in [-0.15, -0.1) is 11.8 Å². The molecule has 5 nitrogen and oxygen atoms in total. The zero-order valence-corrected chi connectivity index (χ0v) is 15.2. The van der Waals surface area contributed by atoms with E-state index in [0.29, 0.717) is 5.69 Å². The molecule has 0 heterocycles. The summed E-state index contributed by atoms with van der Waals surface area (Å²) in [5, 5.41) is 2.62. The number of carbonyl (C=O) groups excluding carboxylic acids is 2. The van der Waals surface area contributed by atoms with Crippen LogP contribution < -0.4 is 10.1 Å². The van der Waals surface area contributed by atoms with Gasteiger partial charge in [-0.05, 0) is 43.3 Å². The predicted molar refractivity (Wildman–Crippen MR) is 100.0 cm³/mol. The minimum absolute atomic E-state index is 0.0708. The van der Waals surface area contributed by atoms with Crippen molar-refractivity contribution in [1.29, 1.82) is 0 Å². The summed E-state index contributed by atoms with van der Waals surface area (Å²) in [5.74, 6) is -0.146. The van der Waals surface area contributed by atoms with Gasteiger partial charge in [0.1, 0.15) is 24.8 Å². The molecule has 0 fully saturated rings. The highest BCUT2D eigenvalue weighted by Gasteiger charge is 2.07. The number of carbonyl (C=O) groups is 2. The molecule has 1 amide bonds. The number of halogens is 1. The molecule has 0 aliphatic heterocycles. The molecule has 1 N–H and O–H groups in total. The van der Waals surface area contributed by atoms with Crippen molar-refractivity contribution in [3.05, 3.63) is 59.9 Å². The Kier molecular flexibility index (Phi) is 7.95. The average Bonchev–Trinajstić information content (AvgIpc) is 2.62. The molecule has 138 valence electrons. The van der Waals surface area contributed by atoms with Gasteiger partial charge < -0.3 is 14.8 Å². The van der Waals surface area contributed by atoms with E-state index in [4.69, 9.17) is 9.47 Å². The van der Waals surface area contributed by atoms with E-state index in [2.05, 4.69) is 5.32 Å². The lowest BCUT2D eigenvalue weighted by Crippen LogP contribution is -2.17. The van der Waals surface area contributed by atoms with Crippen molar-refractivity contribution >= 4 is 29.3 Å². The highest BCUT2D eigenvalue weighted by Crippen LogP contribution is 2.11. The molecule has 2 aromatic carbocycles. The fourth-order valence-electron chi connectivity index (χ4n) is 1.95. The summed E-state index contributed by atoms with van der Waals surface area (Å²) in [6.07, 6.45) is 0. The monoisotopic (exact) mass is 377 g/mol. The molecule has 0 spiro atoms. The van der Waals surface area contributed by atoms with Gasteiger partial charge in [-0.1, -0.05) is 17.7 Å². The third-order valence-electron chi connectivity index (χ3n) is 3.22. The van der Waals surface area contributed by atoms with Crippen molar-refractivity contribution in [2.45, 2.75) is 6.92 Å². The van der Waals surface area contributed by atoms with Crippen LogP contribution in [0.5, 0.6) is 5.75 Å². The quantitative estimate of drug-likeness (QED) is 0.536. The fraction of sp³-hybridized carbons (Fsp3) is 0.263. The van der Waals surface area contributed by atoms with Crippen LogP contribution in [0.3, 0.4) is 0 Å². The first-order valence-electron chi connectivity index (χ1n) is 8.01. The van der Waals surface area contributed by atoms with Gasteiger partial charge in [0, 0.05) is 5.69 Å². The zero-order chi connectivity index (χ0) is 18.8. The Labute approximate surface area is 155 Å². The molecule has 0 aromatic heterocycles. The van der Waals surface area contributed by atoms with E-state index in [0.717, 1.165) is 23.1 Å². The maximum absolute atomic E-state index is 12.8. The first kappa shape index (κ1) is 19.8. The van der Waals surface area contributed by atoms with E-state index < -0.39 is 5.97 Å². The summed E-state index contributed by atoms with van der Waals surface area (Å²) in [6, 6.07) is 13.1. The van der Waals surface area contributed by atoms with Gasteiger partial charge in [0.25, 0.3) is 0 Å². The minimum Gasteiger partial charge on any atom is -0.490 e. The highest BCUT2D eigenvalue weighted by atomic mass is 32.2. The summed E-state index contributed by atoms with van der Waals surface area (Å²) < 4.78 is 23.3. The van der Waals surface area contributed by atoms with Crippen molar-refractivity contribution in [2.75, 3.05) is 30.0 Å². The van der Waals surface area contributed by atoms with Crippen LogP contribution in [0.15, 0.2) is 48.5 Å². The molecule has 0 atom stereocenters. The van der Waals surface area contributed by atoms with Crippen LogP contribution in [-0.2, 0) is 14.3 Å². The van der Waals surface area contributed by atoms with Crippen molar-refractivity contribution in [2.24, 2.45) is 0 Å². The van der Waals surface area contributed by atoms with Gasteiger partial charge in [0.15, 0.2) is 0 Å². The lowest BCUT2D eigenvalue weighted by molar-refractivity contribution is -0.141. The molecular formula is C19H20FNO4S. The fourth-order valence-corrected chi connectivity index (χ4v) is 2.56. The number of hydrogen-bond donors (Lipinski definition) is 1. The van der Waals surface area contributed by atoms with Gasteiger partial charge in [-0.25, -0.2) is 4.39 Å². The number of amides is 1. The lowest BCUT2D eigenvalue weighted by Gasteiger charge is -2.08. The number of anilines is 1. The number of nitrogens with one attached hydrogen (secondary N) is 1. The van der Waals surface area contributed by atoms with Crippen molar-refractivity contribution in [3.63, 3.8) is 0 Å². The van der Waals surface area contributed by atoms with Gasteiger partial charge in [-0.2, -0.15) is 0 Å². The van der Waals surface area contributed by atoms with Gasteiger partial charge in [0.05, 0.1) is 11.5 Å². The summed E-state index contributed by atoms with van der Waals surface area (Å²) in [7, 11) is 0. The Bertz CT molecular complexity index is 719. The van der Waals surface area contributed by atoms with Crippen molar-refractivity contribution in [3.8, 4) is 5.75 Å². The van der Waals surface area contributed by atoms with E-state index in [1.165, 1.54) is 24.3 Å². The Morgan fingerprint density at radius 2 is 1.69 bits per heavy atom. The number of hydrogen-bond acceptors (Lipinski definition) is 5. The Balaban J connectivity index is 1.54. The molecule has 2 rings (SSSR count). The SMILES string of the molecule is Cc1ccc(OCCOC(=O)CSCC(=O)Nc2ccc(F)cc2)cc1. The van der Waals surface area contributed by atoms with Crippen LogP contribution in [0.4, 0.5) is 10.1 Å². The Morgan fingerprint density at radius 1 is 1.00 bits per heavy atom. The summed E-state index contributed by atoms with van der Waals surface area (Å²) in [5.41, 5.74) is 1.65. The molecule has 0 unspecified atom stereocenters. The molecule has 0 aliphatic carbocycles. The second-order valence-electron chi connectivity index (χ2n) is 5.43. The van der Waals surface area contributed by atoms with Gasteiger partial charge in [0.2, 0.25) is 5.91 Å². The maximum atomic E-state index is 12.8. The van der Waals surface area contributed by atoms with Crippen LogP contribution in [0, 0.1) is 12.7 Å². The molecule has 0 radical (unpaired) electrons. The van der Waals surface area contributed by atoms with E-state index in [9.17, 15) is 14.0 Å². The summed E-state index contributed by atoms with van der Waals surface area (Å²) in [6.45, 7) is 2.41. The van der Waals surface area contributed by atoms with Crippen LogP contribution in [0.2, 0.25) is 0 Å². The van der Waals surface area contributed by atoms with E-state index in [1.807, 2.05) is 31.2 Å². The van der Waals surface area contributed by atoms with Gasteiger partial charge in [-0.3, -0.25) is 9.59 Å². The number of aryl methyl sites for hydroxylation is 1. The largest absolute Gasteiger partial charge is 0.490 e. The Hall–Kier alpha value is -2.54. The molecule has 0 saturated heterocycles. The van der Waals surface area contributed by atoms with Crippen molar-refractivity contribution in [1.82, 2.24) is 0 Å². The average molecular weight is 377 g/mol. The molecular weight excluding hydrogens is 357 g/mol. The molecule has 0 aliphatic rings. The normalized spacial score (nSPS) is 10.2. The van der Waals surface area contributed by atoms with E-state index in [1.54, 1.807) is 0 Å². The summed E-state index contributed by atoms with van der Waals surface area (Å²) in [4.78, 5) is 23.3. The molecule has 26 heavy (non-hydrogen) atoms. The third kappa shape index (κ3) is 7.57. The van der Waals surface area contributed by atoms with Crippen LogP contribution in [0.1, 0.15) is 5.56 Å². The Morgan fingerprint density at radius 3 is 2.38 bits per heavy atom. The number of benzene rings is 2. The van der Waals surface area contributed by atoms with E-state index in [-0.39, 0.29) is 36.4 Å². The molecule has 0 bridgehead atoms. The number of ether oxygens (including phenoxy) is 2. The van der Waals surface area contributed by atoms with Crippen LogP contribution in [-0.4, -0.2) is 36.6 Å². The minimum atomic E-state index is -0.405. The number of thioether (sulfide) groups is 1. The zero-order valence-electron chi connectivity index (χ0n) is 14.4. The molecule has 2 aromatic rings. The summed E-state index contributed by atoms with van der Waals surface area (Å²) >= 11 is 1.15. The topological polar surface area (TPSA) is 64.6 Å². The standard InChI is InChI=1S/C19H20FNO4S/c1-14-2-8-17(9-3-14)24-10-11-25-19(23)13-26-12-18(22)21-16-6-4-15(20)5-7-16/h2-9H,10-13H2,1H3,(H,21,22). The first-order valence-corrected chi connectivity index (χ1v) is 9.16. The van der Waals surface area contributed by atoms with Crippen LogP contribution in [0.25, 0.3) is 0 Å². The second kappa shape index (κ2) is 10.5. The second-order valence-corrected chi connectivity index (χ2v) is 6.42. The molecule has 7 heteroatoms. The highest BCUT2D eigenvalue weighted by molar-refractivity contribution is 8.00. The number of rotatable bonds is 9. The third-order valence-corrected chi connectivity index (χ3v) is 4.12. The molecule has 0 saturated carbocycles. The number of esters is 1. The predicted octanol–water partition coefficient (Wildman–Crippen LogP) is 3.43.